The van der Waals surface area contributed by atoms with Crippen molar-refractivity contribution >= 4 is 23.2 Å². The third-order valence-electron chi connectivity index (χ3n) is 3.73. The van der Waals surface area contributed by atoms with Crippen molar-refractivity contribution in [3.8, 4) is 0 Å². The van der Waals surface area contributed by atoms with Gasteiger partial charge in [-0.3, -0.25) is 9.20 Å². The standard InChI is InChI=1S/C17H17N3OS/c1-11-7-8-14(10-12(11)2)16(21)13(3)22-17-19-18-15-6-4-5-9-20(15)17/h4-10,13H,1-3H3. The second-order valence-corrected chi connectivity index (χ2v) is 6.64. The summed E-state index contributed by atoms with van der Waals surface area (Å²) in [5.74, 6) is 0.112. The number of hydrogen-bond acceptors (Lipinski definition) is 4. The summed E-state index contributed by atoms with van der Waals surface area (Å²) in [6.07, 6.45) is 1.91. The Bertz CT molecular complexity index is 841. The largest absolute Gasteiger partial charge is 0.293 e. The van der Waals surface area contributed by atoms with Crippen molar-refractivity contribution in [1.82, 2.24) is 14.6 Å². The average molecular weight is 311 g/mol. The second-order valence-electron chi connectivity index (χ2n) is 5.33. The molecule has 1 atom stereocenters. The Morgan fingerprint density at radius 1 is 1.14 bits per heavy atom. The van der Waals surface area contributed by atoms with Gasteiger partial charge in [-0.05, 0) is 50.1 Å². The lowest BCUT2D eigenvalue weighted by Crippen LogP contribution is -2.14. The number of nitrogens with zero attached hydrogens (tertiary/aromatic N) is 3. The molecule has 0 aliphatic heterocycles. The summed E-state index contributed by atoms with van der Waals surface area (Å²) in [5.41, 5.74) is 3.86. The van der Waals surface area contributed by atoms with Crippen molar-refractivity contribution in [2.75, 3.05) is 0 Å². The monoisotopic (exact) mass is 311 g/mol. The van der Waals surface area contributed by atoms with E-state index in [1.54, 1.807) is 0 Å². The number of ketones is 1. The lowest BCUT2D eigenvalue weighted by Gasteiger charge is -2.10. The van der Waals surface area contributed by atoms with Crippen LogP contribution in [0, 0.1) is 13.8 Å². The first-order chi connectivity index (χ1) is 10.6. The number of Topliss-reactive ketones (excluding diaryl/α,β-unsaturated/α-hetero) is 1. The third-order valence-corrected chi connectivity index (χ3v) is 4.78. The highest BCUT2D eigenvalue weighted by Crippen LogP contribution is 2.25. The topological polar surface area (TPSA) is 47.3 Å². The molecule has 0 radical (unpaired) electrons. The molecule has 5 heteroatoms. The molecule has 0 spiro atoms. The summed E-state index contributed by atoms with van der Waals surface area (Å²) in [5, 5.41) is 8.80. The van der Waals surface area contributed by atoms with E-state index >= 15 is 0 Å². The second kappa shape index (κ2) is 5.93. The molecule has 0 amide bonds. The number of aromatic nitrogens is 3. The van der Waals surface area contributed by atoms with Gasteiger partial charge < -0.3 is 0 Å². The van der Waals surface area contributed by atoms with Crippen LogP contribution in [0.15, 0.2) is 47.8 Å². The van der Waals surface area contributed by atoms with Crippen molar-refractivity contribution in [3.05, 3.63) is 59.3 Å². The van der Waals surface area contributed by atoms with E-state index in [0.29, 0.717) is 0 Å². The van der Waals surface area contributed by atoms with E-state index in [2.05, 4.69) is 10.2 Å². The van der Waals surface area contributed by atoms with Gasteiger partial charge in [-0.25, -0.2) is 0 Å². The maximum Gasteiger partial charge on any atom is 0.196 e. The van der Waals surface area contributed by atoms with Gasteiger partial charge in [-0.2, -0.15) is 0 Å². The Morgan fingerprint density at radius 3 is 2.73 bits per heavy atom. The number of carbonyl (C=O) groups excluding carboxylic acids is 1. The zero-order chi connectivity index (χ0) is 15.7. The van der Waals surface area contributed by atoms with Gasteiger partial charge in [0.15, 0.2) is 16.6 Å². The summed E-state index contributed by atoms with van der Waals surface area (Å²) in [4.78, 5) is 12.6. The molecule has 1 unspecified atom stereocenters. The molecular weight excluding hydrogens is 294 g/mol. The van der Waals surface area contributed by atoms with E-state index < -0.39 is 0 Å². The summed E-state index contributed by atoms with van der Waals surface area (Å²) >= 11 is 1.43. The molecule has 22 heavy (non-hydrogen) atoms. The molecule has 2 aromatic heterocycles. The summed E-state index contributed by atoms with van der Waals surface area (Å²) in [6.45, 7) is 5.98. The SMILES string of the molecule is Cc1ccc(C(=O)C(C)Sc2nnc3ccccn23)cc1C. The summed E-state index contributed by atoms with van der Waals surface area (Å²) in [7, 11) is 0. The quantitative estimate of drug-likeness (QED) is 0.544. The molecule has 0 saturated heterocycles. The van der Waals surface area contributed by atoms with Gasteiger partial charge in [0.05, 0.1) is 5.25 Å². The minimum Gasteiger partial charge on any atom is -0.293 e. The van der Waals surface area contributed by atoms with Crippen LogP contribution in [0.1, 0.15) is 28.4 Å². The number of rotatable bonds is 4. The van der Waals surface area contributed by atoms with Gasteiger partial charge in [0, 0.05) is 11.8 Å². The lowest BCUT2D eigenvalue weighted by molar-refractivity contribution is 0.0994. The van der Waals surface area contributed by atoms with Crippen LogP contribution in [-0.2, 0) is 0 Å². The average Bonchev–Trinajstić information content (AvgIpc) is 2.92. The molecule has 3 aromatic rings. The smallest absolute Gasteiger partial charge is 0.196 e. The molecule has 0 bridgehead atoms. The molecule has 0 fully saturated rings. The zero-order valence-electron chi connectivity index (χ0n) is 12.8. The van der Waals surface area contributed by atoms with Crippen molar-refractivity contribution in [1.29, 1.82) is 0 Å². The van der Waals surface area contributed by atoms with Crippen LogP contribution in [0.5, 0.6) is 0 Å². The molecule has 2 heterocycles. The summed E-state index contributed by atoms with van der Waals surface area (Å²) in [6, 6.07) is 11.6. The maximum atomic E-state index is 12.6. The number of fused-ring (bicyclic) bond motifs is 1. The van der Waals surface area contributed by atoms with Crippen LogP contribution < -0.4 is 0 Å². The Hall–Kier alpha value is -2.14. The van der Waals surface area contributed by atoms with Crippen LogP contribution in [0.4, 0.5) is 0 Å². The highest BCUT2D eigenvalue weighted by Gasteiger charge is 2.19. The van der Waals surface area contributed by atoms with Gasteiger partial charge >= 0.3 is 0 Å². The number of hydrogen-bond donors (Lipinski definition) is 0. The number of benzene rings is 1. The molecule has 0 aliphatic carbocycles. The Balaban J connectivity index is 1.83. The molecule has 1 aromatic carbocycles. The lowest BCUT2D eigenvalue weighted by atomic mass is 10.0. The van der Waals surface area contributed by atoms with E-state index in [-0.39, 0.29) is 11.0 Å². The van der Waals surface area contributed by atoms with E-state index in [0.717, 1.165) is 21.9 Å². The highest BCUT2D eigenvalue weighted by molar-refractivity contribution is 8.00. The van der Waals surface area contributed by atoms with E-state index in [9.17, 15) is 4.79 Å². The number of aryl methyl sites for hydroxylation is 2. The van der Waals surface area contributed by atoms with Crippen LogP contribution in [0.25, 0.3) is 5.65 Å². The summed E-state index contributed by atoms with van der Waals surface area (Å²) < 4.78 is 1.90. The zero-order valence-corrected chi connectivity index (χ0v) is 13.6. The van der Waals surface area contributed by atoms with Crippen LogP contribution in [0.3, 0.4) is 0 Å². The predicted molar refractivity (Wildman–Crippen MR) is 88.6 cm³/mol. The van der Waals surface area contributed by atoms with E-state index in [4.69, 9.17) is 0 Å². The van der Waals surface area contributed by atoms with Gasteiger partial charge in [0.25, 0.3) is 0 Å². The first kappa shape index (κ1) is 14.8. The van der Waals surface area contributed by atoms with Crippen LogP contribution in [0.2, 0.25) is 0 Å². The first-order valence-electron chi connectivity index (χ1n) is 7.14. The Kier molecular flexibility index (Phi) is 3.98. The minimum atomic E-state index is -0.213. The predicted octanol–water partition coefficient (Wildman–Crippen LogP) is 3.71. The molecular formula is C17H17N3OS. The van der Waals surface area contributed by atoms with Crippen molar-refractivity contribution in [2.45, 2.75) is 31.2 Å². The van der Waals surface area contributed by atoms with Crippen LogP contribution >= 0.6 is 11.8 Å². The fourth-order valence-corrected chi connectivity index (χ4v) is 3.16. The maximum absolute atomic E-state index is 12.6. The first-order valence-corrected chi connectivity index (χ1v) is 8.02. The number of thioether (sulfide) groups is 1. The van der Waals surface area contributed by atoms with Crippen molar-refractivity contribution in [3.63, 3.8) is 0 Å². The molecule has 0 N–H and O–H groups in total. The minimum absolute atomic E-state index is 0.112. The van der Waals surface area contributed by atoms with E-state index in [1.165, 1.54) is 17.3 Å². The Morgan fingerprint density at radius 2 is 1.95 bits per heavy atom. The van der Waals surface area contributed by atoms with Gasteiger partial charge in [-0.15, -0.1) is 10.2 Å². The van der Waals surface area contributed by atoms with Gasteiger partial charge in [0.1, 0.15) is 0 Å². The fourth-order valence-electron chi connectivity index (χ4n) is 2.24. The van der Waals surface area contributed by atoms with Crippen LogP contribution in [-0.4, -0.2) is 25.6 Å². The van der Waals surface area contributed by atoms with Crippen molar-refractivity contribution in [2.24, 2.45) is 0 Å². The van der Waals surface area contributed by atoms with E-state index in [1.807, 2.05) is 67.8 Å². The molecule has 0 saturated carbocycles. The number of carbonyl (C=O) groups is 1. The molecule has 4 nitrogen and oxygen atoms in total. The van der Waals surface area contributed by atoms with Gasteiger partial charge in [0.2, 0.25) is 0 Å². The molecule has 0 aliphatic rings. The number of pyridine rings is 1. The highest BCUT2D eigenvalue weighted by atomic mass is 32.2. The van der Waals surface area contributed by atoms with Crippen molar-refractivity contribution < 1.29 is 4.79 Å². The Labute approximate surface area is 133 Å². The van der Waals surface area contributed by atoms with Gasteiger partial charge in [-0.1, -0.05) is 30.0 Å². The fraction of sp³-hybridized carbons (Fsp3) is 0.235. The molecule has 3 rings (SSSR count). The normalized spacial score (nSPS) is 12.5. The molecule has 112 valence electrons. The third kappa shape index (κ3) is 2.76.